The van der Waals surface area contributed by atoms with Crippen LogP contribution in [0.2, 0.25) is 0 Å². The molecule has 1 fully saturated rings. The molecule has 0 amide bonds. The number of ether oxygens (including phenoxy) is 5. The van der Waals surface area contributed by atoms with Crippen LogP contribution in [0.1, 0.15) is 67.5 Å². The lowest BCUT2D eigenvalue weighted by Gasteiger charge is -2.44. The molecule has 0 radical (unpaired) electrons. The molecule has 0 spiro atoms. The molecule has 1 unspecified atom stereocenters. The van der Waals surface area contributed by atoms with Crippen molar-refractivity contribution in [3.63, 3.8) is 0 Å². The van der Waals surface area contributed by atoms with Gasteiger partial charge in [0.25, 0.3) is 0 Å². The highest BCUT2D eigenvalue weighted by Crippen LogP contribution is 2.39. The van der Waals surface area contributed by atoms with Gasteiger partial charge in [-0.25, -0.2) is 0 Å². The van der Waals surface area contributed by atoms with Crippen LogP contribution in [0.15, 0.2) is 42.5 Å². The molecule has 0 aliphatic carbocycles. The van der Waals surface area contributed by atoms with E-state index in [1.807, 2.05) is 49.4 Å². The highest BCUT2D eigenvalue weighted by atomic mass is 32.2. The average molecular weight is 603 g/mol. The monoisotopic (exact) mass is 602 g/mol. The van der Waals surface area contributed by atoms with E-state index in [4.69, 9.17) is 23.7 Å². The maximum atomic E-state index is 12.8. The molecule has 0 N–H and O–H groups in total. The van der Waals surface area contributed by atoms with E-state index in [-0.39, 0.29) is 5.97 Å². The maximum Gasteiger partial charge on any atom is 0.305 e. The number of rotatable bonds is 11. The van der Waals surface area contributed by atoms with Crippen molar-refractivity contribution >= 4 is 34.7 Å². The summed E-state index contributed by atoms with van der Waals surface area (Å²) in [7, 11) is -0.282. The molecule has 10 nitrogen and oxygen atoms in total. The lowest BCUT2D eigenvalue weighted by molar-refractivity contribution is -0.234. The van der Waals surface area contributed by atoms with Gasteiger partial charge < -0.3 is 23.7 Å². The first kappa shape index (κ1) is 32.9. The maximum absolute atomic E-state index is 12.8. The van der Waals surface area contributed by atoms with Crippen LogP contribution in [0.4, 0.5) is 0 Å². The number of methoxy groups -OCH3 is 1. The summed E-state index contributed by atoms with van der Waals surface area (Å²) < 4.78 is 40.2. The molecular formula is C31H38O10S. The fourth-order valence-corrected chi connectivity index (χ4v) is 5.82. The summed E-state index contributed by atoms with van der Waals surface area (Å²) in [6.07, 6.45) is -0.811. The van der Waals surface area contributed by atoms with Crippen LogP contribution in [0.25, 0.3) is 0 Å². The van der Waals surface area contributed by atoms with Crippen molar-refractivity contribution in [2.45, 2.75) is 83.2 Å². The van der Waals surface area contributed by atoms with Crippen LogP contribution >= 0.6 is 0 Å². The zero-order valence-electron chi connectivity index (χ0n) is 24.7. The minimum Gasteiger partial charge on any atom is -0.469 e. The predicted octanol–water partition coefficient (Wildman–Crippen LogP) is 3.65. The molecule has 0 bridgehead atoms. The molecule has 1 aliphatic rings. The van der Waals surface area contributed by atoms with Crippen LogP contribution in [0.3, 0.4) is 0 Å². The van der Waals surface area contributed by atoms with E-state index >= 15 is 0 Å². The molecule has 0 aromatic heterocycles. The summed E-state index contributed by atoms with van der Waals surface area (Å²) >= 11 is 0. The number of hydrogen-bond donors (Lipinski definition) is 0. The number of hydrogen-bond acceptors (Lipinski definition) is 10. The van der Waals surface area contributed by atoms with E-state index in [2.05, 4.69) is 0 Å². The molecular weight excluding hydrogens is 564 g/mol. The van der Waals surface area contributed by atoms with Crippen LogP contribution in [0.5, 0.6) is 0 Å². The first-order valence-electron chi connectivity index (χ1n) is 13.6. The van der Waals surface area contributed by atoms with Gasteiger partial charge >= 0.3 is 23.9 Å². The smallest absolute Gasteiger partial charge is 0.305 e. The van der Waals surface area contributed by atoms with Gasteiger partial charge in [-0.05, 0) is 54.0 Å². The van der Waals surface area contributed by atoms with Crippen LogP contribution in [-0.2, 0) is 66.5 Å². The highest BCUT2D eigenvalue weighted by molar-refractivity contribution is 7.84. The summed E-state index contributed by atoms with van der Waals surface area (Å²) in [5.41, 5.74) is 3.66. The average Bonchev–Trinajstić information content (AvgIpc) is 2.91. The summed E-state index contributed by atoms with van der Waals surface area (Å²) in [5.74, 6) is -2.25. The number of esters is 4. The third kappa shape index (κ3) is 8.96. The second-order valence-electron chi connectivity index (χ2n) is 10.3. The predicted molar refractivity (Wildman–Crippen MR) is 154 cm³/mol. The van der Waals surface area contributed by atoms with Crippen LogP contribution in [0, 0.1) is 6.92 Å². The zero-order valence-corrected chi connectivity index (χ0v) is 25.6. The Balaban J connectivity index is 1.92. The Morgan fingerprint density at radius 1 is 0.833 bits per heavy atom. The molecule has 3 rings (SSSR count). The van der Waals surface area contributed by atoms with Gasteiger partial charge in [0.2, 0.25) is 0 Å². The van der Waals surface area contributed by atoms with Crippen molar-refractivity contribution in [3.05, 3.63) is 70.3 Å². The van der Waals surface area contributed by atoms with Crippen LogP contribution in [-0.4, -0.2) is 65.2 Å². The normalized spacial score (nSPS) is 22.5. The van der Waals surface area contributed by atoms with Crippen molar-refractivity contribution in [1.82, 2.24) is 0 Å². The Kier molecular flexibility index (Phi) is 11.8. The lowest BCUT2D eigenvalue weighted by atomic mass is 9.90. The number of benzene rings is 2. The molecule has 11 heteroatoms. The van der Waals surface area contributed by atoms with Crippen molar-refractivity contribution in [3.8, 4) is 0 Å². The molecule has 1 aliphatic heterocycles. The topological polar surface area (TPSA) is 132 Å². The second-order valence-corrected chi connectivity index (χ2v) is 11.7. The second kappa shape index (κ2) is 15.1. The van der Waals surface area contributed by atoms with E-state index in [9.17, 15) is 23.4 Å². The van der Waals surface area contributed by atoms with E-state index in [1.165, 1.54) is 34.1 Å². The molecule has 2 aromatic rings. The van der Waals surface area contributed by atoms with Gasteiger partial charge in [-0.1, -0.05) is 42.5 Å². The zero-order chi connectivity index (χ0) is 31.0. The third-order valence-corrected chi connectivity index (χ3v) is 7.96. The van der Waals surface area contributed by atoms with Gasteiger partial charge in [0.15, 0.2) is 23.7 Å². The SMILES string of the molecule is COC(=O)CCCc1ccc(Cc2cc([C@@H]3O[C@H](S(C)=O)[C@@H](OC(C)=O)[C@H](OC(C)=O)[C@H]3OC(C)=O)ccc2C)cc1. The minimum atomic E-state index is -1.66. The number of carbonyl (C=O) groups excluding carboxylic acids is 4. The van der Waals surface area contributed by atoms with E-state index in [1.54, 1.807) is 0 Å². The minimum absolute atomic E-state index is 0.225. The molecule has 2 aromatic carbocycles. The van der Waals surface area contributed by atoms with Crippen molar-refractivity contribution in [2.24, 2.45) is 0 Å². The molecule has 42 heavy (non-hydrogen) atoms. The Labute approximate surface area is 248 Å². The van der Waals surface area contributed by atoms with Gasteiger partial charge in [0.05, 0.1) is 17.9 Å². The Morgan fingerprint density at radius 3 is 1.98 bits per heavy atom. The quantitative estimate of drug-likeness (QED) is 0.277. The largest absolute Gasteiger partial charge is 0.469 e. The number of aryl methyl sites for hydroxylation is 2. The van der Waals surface area contributed by atoms with E-state index < -0.39 is 58.6 Å². The van der Waals surface area contributed by atoms with Gasteiger partial charge in [0.1, 0.15) is 6.10 Å². The highest BCUT2D eigenvalue weighted by Gasteiger charge is 2.53. The number of carbonyl (C=O) groups is 4. The van der Waals surface area contributed by atoms with Crippen molar-refractivity contribution in [1.29, 1.82) is 0 Å². The first-order chi connectivity index (χ1) is 19.9. The standard InChI is InChI=1S/C31H38O10S/c1-18-10-15-24(17-25(18)16-23-13-11-22(12-14-23)8-7-9-26(35)37-5)27-28(38-19(2)32)29(39-20(3)33)30(40-21(4)34)31(41-27)42(6)36/h10-15,17,27-31H,7-9,16H2,1-6H3/t27-,28-,29+,30-,31+,42?/m0/s1. The first-order valence-corrected chi connectivity index (χ1v) is 15.2. The molecule has 1 heterocycles. The van der Waals surface area contributed by atoms with Gasteiger partial charge in [-0.2, -0.15) is 0 Å². The summed E-state index contributed by atoms with van der Waals surface area (Å²) in [6.45, 7) is 5.56. The molecule has 6 atom stereocenters. The lowest BCUT2D eigenvalue weighted by Crippen LogP contribution is -2.59. The Morgan fingerprint density at radius 2 is 1.40 bits per heavy atom. The third-order valence-electron chi connectivity index (χ3n) is 6.92. The summed E-state index contributed by atoms with van der Waals surface area (Å²) in [6, 6.07) is 13.8. The van der Waals surface area contributed by atoms with E-state index in [0.29, 0.717) is 24.8 Å². The van der Waals surface area contributed by atoms with Crippen molar-refractivity contribution < 1.29 is 47.1 Å². The van der Waals surface area contributed by atoms with E-state index in [0.717, 1.165) is 28.7 Å². The summed E-state index contributed by atoms with van der Waals surface area (Å²) in [4.78, 5) is 47.5. The van der Waals surface area contributed by atoms with Gasteiger partial charge in [0, 0.05) is 33.4 Å². The van der Waals surface area contributed by atoms with Gasteiger partial charge in [-0.3, -0.25) is 23.4 Å². The molecule has 228 valence electrons. The Hall–Kier alpha value is -3.57. The van der Waals surface area contributed by atoms with Crippen LogP contribution < -0.4 is 0 Å². The summed E-state index contributed by atoms with van der Waals surface area (Å²) in [5, 5.41) is 0. The Bertz CT molecular complexity index is 1310. The fourth-order valence-electron chi connectivity index (χ4n) is 4.95. The molecule has 1 saturated heterocycles. The molecule has 0 saturated carbocycles. The fraction of sp³-hybridized carbons (Fsp3) is 0.484. The van der Waals surface area contributed by atoms with Gasteiger partial charge in [-0.15, -0.1) is 0 Å². The van der Waals surface area contributed by atoms with Crippen molar-refractivity contribution in [2.75, 3.05) is 13.4 Å².